The average Bonchev–Trinajstić information content (AvgIpc) is 2.56. The first-order valence-electron chi connectivity index (χ1n) is 5.42. The normalized spacial score (nSPS) is 12.8. The molecule has 0 fully saturated rings. The molecule has 0 unspecified atom stereocenters. The van der Waals surface area contributed by atoms with Crippen molar-refractivity contribution in [3.05, 3.63) is 12.0 Å². The zero-order valence-electron chi connectivity index (χ0n) is 10.3. The van der Waals surface area contributed by atoms with Gasteiger partial charge in [-0.2, -0.15) is 0 Å². The van der Waals surface area contributed by atoms with Crippen molar-refractivity contribution in [1.82, 2.24) is 9.55 Å². The van der Waals surface area contributed by atoms with E-state index in [9.17, 15) is 16.8 Å². The second kappa shape index (κ2) is 5.37. The van der Waals surface area contributed by atoms with Gasteiger partial charge in [-0.15, -0.1) is 0 Å². The summed E-state index contributed by atoms with van der Waals surface area (Å²) < 4.78 is 46.7. The minimum absolute atomic E-state index is 0.0396. The molecule has 0 amide bonds. The molecule has 0 radical (unpaired) electrons. The molecule has 0 aliphatic carbocycles. The molecular weight excluding hydrogens is 278 g/mol. The van der Waals surface area contributed by atoms with E-state index in [0.717, 1.165) is 0 Å². The third-order valence-corrected chi connectivity index (χ3v) is 5.02. The molecule has 0 atom stereocenters. The largest absolute Gasteiger partial charge is 0.333 e. The number of hydrogen-bond acceptors (Lipinski definition) is 5. The lowest BCUT2D eigenvalue weighted by atomic mass is 10.6. The summed E-state index contributed by atoms with van der Waals surface area (Å²) in [5.41, 5.74) is 0. The van der Waals surface area contributed by atoms with Gasteiger partial charge in [-0.1, -0.05) is 6.92 Å². The fraction of sp³-hybridized carbons (Fsp3) is 0.667. The maximum absolute atomic E-state index is 11.5. The minimum Gasteiger partial charge on any atom is -0.333 e. The summed E-state index contributed by atoms with van der Waals surface area (Å²) in [5, 5.41) is 4.70. The topological polar surface area (TPSA) is 112 Å². The minimum atomic E-state index is -3.85. The van der Waals surface area contributed by atoms with Crippen LogP contribution in [0.4, 0.5) is 0 Å². The average molecular weight is 295 g/mol. The smallest absolute Gasteiger partial charge is 0.257 e. The Morgan fingerprint density at radius 2 is 1.89 bits per heavy atom. The molecule has 1 rings (SSSR count). The molecule has 0 saturated carbocycles. The van der Waals surface area contributed by atoms with E-state index in [1.54, 1.807) is 13.8 Å². The Hall–Kier alpha value is -0.930. The van der Waals surface area contributed by atoms with Crippen molar-refractivity contribution < 1.29 is 16.8 Å². The van der Waals surface area contributed by atoms with Crippen molar-refractivity contribution in [2.24, 2.45) is 5.14 Å². The molecule has 0 aliphatic heterocycles. The van der Waals surface area contributed by atoms with E-state index in [0.29, 0.717) is 12.2 Å². The van der Waals surface area contributed by atoms with E-state index >= 15 is 0 Å². The van der Waals surface area contributed by atoms with Gasteiger partial charge in [0.05, 0.1) is 5.75 Å². The number of hydrogen-bond donors (Lipinski definition) is 1. The number of sulfonamides is 1. The second-order valence-corrected chi connectivity index (χ2v) is 7.83. The zero-order valence-corrected chi connectivity index (χ0v) is 12.0. The van der Waals surface area contributed by atoms with Crippen molar-refractivity contribution in [2.75, 3.05) is 11.5 Å². The van der Waals surface area contributed by atoms with Gasteiger partial charge in [0.1, 0.15) is 5.82 Å². The third kappa shape index (κ3) is 4.07. The lowest BCUT2D eigenvalue weighted by Crippen LogP contribution is -2.16. The van der Waals surface area contributed by atoms with Crippen molar-refractivity contribution >= 4 is 19.9 Å². The Kier molecular flexibility index (Phi) is 4.51. The van der Waals surface area contributed by atoms with E-state index in [1.807, 2.05) is 0 Å². The van der Waals surface area contributed by atoms with E-state index < -0.39 is 19.9 Å². The molecule has 18 heavy (non-hydrogen) atoms. The molecule has 1 aromatic rings. The highest BCUT2D eigenvalue weighted by atomic mass is 32.2. The Morgan fingerprint density at radius 3 is 2.33 bits per heavy atom. The summed E-state index contributed by atoms with van der Waals surface area (Å²) in [6, 6.07) is 0. The Balaban J connectivity index is 2.84. The molecule has 1 aromatic heterocycles. The van der Waals surface area contributed by atoms with Crippen molar-refractivity contribution in [3.63, 3.8) is 0 Å². The number of aromatic nitrogens is 2. The monoisotopic (exact) mass is 295 g/mol. The fourth-order valence-corrected chi connectivity index (χ4v) is 3.33. The molecule has 0 saturated heterocycles. The Bertz CT molecular complexity index is 616. The van der Waals surface area contributed by atoms with E-state index in [-0.39, 0.29) is 23.1 Å². The number of rotatable bonds is 6. The van der Waals surface area contributed by atoms with Gasteiger partial charge in [0.15, 0.2) is 14.9 Å². The quantitative estimate of drug-likeness (QED) is 0.771. The van der Waals surface area contributed by atoms with Crippen LogP contribution in [-0.2, 0) is 26.4 Å². The van der Waals surface area contributed by atoms with Crippen molar-refractivity contribution in [3.8, 4) is 0 Å². The van der Waals surface area contributed by atoms with E-state index in [4.69, 9.17) is 5.14 Å². The fourth-order valence-electron chi connectivity index (χ4n) is 1.49. The van der Waals surface area contributed by atoms with Crippen LogP contribution < -0.4 is 5.14 Å². The predicted molar refractivity (Wildman–Crippen MR) is 67.3 cm³/mol. The van der Waals surface area contributed by atoms with Crippen LogP contribution in [0.1, 0.15) is 19.2 Å². The first-order valence-corrected chi connectivity index (χ1v) is 8.79. The molecule has 7 nitrogen and oxygen atoms in total. The van der Waals surface area contributed by atoms with E-state index in [1.165, 1.54) is 10.8 Å². The summed E-state index contributed by atoms with van der Waals surface area (Å²) in [5.74, 6) is 0.510. The van der Waals surface area contributed by atoms with Gasteiger partial charge in [-0.3, -0.25) is 0 Å². The first-order chi connectivity index (χ1) is 8.15. The number of primary sulfonamides is 1. The van der Waals surface area contributed by atoms with Crippen molar-refractivity contribution in [1.29, 1.82) is 0 Å². The summed E-state index contributed by atoms with van der Waals surface area (Å²) in [4.78, 5) is 3.78. The zero-order chi connectivity index (χ0) is 14.0. The predicted octanol–water partition coefficient (Wildman–Crippen LogP) is -0.336. The van der Waals surface area contributed by atoms with Gasteiger partial charge < -0.3 is 4.57 Å². The van der Waals surface area contributed by atoms with Crippen LogP contribution in [-0.4, -0.2) is 37.9 Å². The third-order valence-electron chi connectivity index (χ3n) is 2.40. The van der Waals surface area contributed by atoms with Crippen LogP contribution in [0.2, 0.25) is 0 Å². The van der Waals surface area contributed by atoms with Crippen LogP contribution in [0.25, 0.3) is 0 Å². The van der Waals surface area contributed by atoms with E-state index in [2.05, 4.69) is 4.98 Å². The summed E-state index contributed by atoms with van der Waals surface area (Å²) in [6.07, 6.45) is 1.82. The van der Waals surface area contributed by atoms with Gasteiger partial charge >= 0.3 is 0 Å². The van der Waals surface area contributed by atoms with Crippen LogP contribution >= 0.6 is 0 Å². The molecule has 2 N–H and O–H groups in total. The molecule has 0 aromatic carbocycles. The molecule has 0 spiro atoms. The Morgan fingerprint density at radius 1 is 1.28 bits per heavy atom. The van der Waals surface area contributed by atoms with Gasteiger partial charge in [-0.05, 0) is 13.3 Å². The molecule has 104 valence electrons. The lowest BCUT2D eigenvalue weighted by molar-refractivity contribution is 0.586. The number of sulfone groups is 1. The molecular formula is C9H17N3O4S2. The summed E-state index contributed by atoms with van der Waals surface area (Å²) >= 11 is 0. The molecule has 0 aliphatic rings. The van der Waals surface area contributed by atoms with Crippen LogP contribution in [0.3, 0.4) is 0 Å². The highest BCUT2D eigenvalue weighted by Crippen LogP contribution is 2.08. The van der Waals surface area contributed by atoms with Crippen LogP contribution in [0.5, 0.6) is 0 Å². The van der Waals surface area contributed by atoms with Gasteiger partial charge in [0.2, 0.25) is 0 Å². The first kappa shape index (κ1) is 15.1. The summed E-state index contributed by atoms with van der Waals surface area (Å²) in [6.45, 7) is 3.57. The standard InChI is InChI=1S/C9H17N3O4S2/c1-3-5-17(13,14)6-4-12-7-9(11-8(12)2)18(10,15)16/h7H,3-6H2,1-2H3,(H2,10,15,16). The lowest BCUT2D eigenvalue weighted by Gasteiger charge is -2.05. The molecule has 0 bridgehead atoms. The van der Waals surface area contributed by atoms with Gasteiger partial charge in [0.25, 0.3) is 10.0 Å². The van der Waals surface area contributed by atoms with Crippen molar-refractivity contribution in [2.45, 2.75) is 31.8 Å². The van der Waals surface area contributed by atoms with Crippen LogP contribution in [0, 0.1) is 6.92 Å². The maximum Gasteiger partial charge on any atom is 0.257 e. The second-order valence-electron chi connectivity index (χ2n) is 4.02. The summed E-state index contributed by atoms with van der Waals surface area (Å²) in [7, 11) is -6.95. The SMILES string of the molecule is CCCS(=O)(=O)CCn1cc(S(N)(=O)=O)nc1C. The maximum atomic E-state index is 11.5. The number of nitrogens with two attached hydrogens (primary N) is 1. The molecule has 1 heterocycles. The van der Waals surface area contributed by atoms with Gasteiger partial charge in [0, 0.05) is 18.5 Å². The number of nitrogens with zero attached hydrogens (tertiary/aromatic N) is 2. The highest BCUT2D eigenvalue weighted by Gasteiger charge is 2.16. The number of aryl methyl sites for hydroxylation is 2. The Labute approximate surface area is 107 Å². The highest BCUT2D eigenvalue weighted by molar-refractivity contribution is 7.91. The van der Waals surface area contributed by atoms with Crippen LogP contribution in [0.15, 0.2) is 11.2 Å². The van der Waals surface area contributed by atoms with Gasteiger partial charge in [-0.25, -0.2) is 27.0 Å². The number of imidazole rings is 1. The molecule has 9 heteroatoms.